The molecule has 20 heavy (non-hydrogen) atoms. The van der Waals surface area contributed by atoms with Gasteiger partial charge in [0.05, 0.1) is 10.7 Å². The van der Waals surface area contributed by atoms with Crippen LogP contribution in [-0.4, -0.2) is 11.0 Å². The molecule has 0 aliphatic heterocycles. The largest absolute Gasteiger partial charge is 0.309 e. The van der Waals surface area contributed by atoms with Crippen molar-refractivity contribution in [1.29, 1.82) is 0 Å². The molecule has 0 amide bonds. The van der Waals surface area contributed by atoms with E-state index >= 15 is 0 Å². The first-order valence-electron chi connectivity index (χ1n) is 8.27. The SMILES string of the molecule is CC(C)(C)c1nc(C2CCCCC2)sc1CNC1CC1. The molecular weight excluding hydrogens is 264 g/mol. The molecule has 0 saturated heterocycles. The highest BCUT2D eigenvalue weighted by Gasteiger charge is 2.28. The first-order valence-corrected chi connectivity index (χ1v) is 9.09. The molecule has 1 heterocycles. The number of hydrogen-bond donors (Lipinski definition) is 1. The van der Waals surface area contributed by atoms with Crippen LogP contribution in [-0.2, 0) is 12.0 Å². The average Bonchev–Trinajstić information content (AvgIpc) is 3.14. The van der Waals surface area contributed by atoms with Crippen LogP contribution in [0.15, 0.2) is 0 Å². The van der Waals surface area contributed by atoms with E-state index in [0.29, 0.717) is 0 Å². The maximum absolute atomic E-state index is 5.08. The van der Waals surface area contributed by atoms with E-state index in [-0.39, 0.29) is 5.41 Å². The maximum atomic E-state index is 5.08. The molecule has 0 radical (unpaired) electrons. The van der Waals surface area contributed by atoms with Crippen molar-refractivity contribution >= 4 is 11.3 Å². The molecule has 0 aromatic carbocycles. The topological polar surface area (TPSA) is 24.9 Å². The van der Waals surface area contributed by atoms with Gasteiger partial charge >= 0.3 is 0 Å². The standard InChI is InChI=1S/C17H28N2S/c1-17(2,3)15-14(11-18-13-9-10-13)20-16(19-15)12-7-5-4-6-8-12/h12-13,18H,4-11H2,1-3H3. The van der Waals surface area contributed by atoms with E-state index in [9.17, 15) is 0 Å². The summed E-state index contributed by atoms with van der Waals surface area (Å²) < 4.78 is 0. The van der Waals surface area contributed by atoms with Gasteiger partial charge in [-0.25, -0.2) is 4.98 Å². The summed E-state index contributed by atoms with van der Waals surface area (Å²) in [5.74, 6) is 0.740. The lowest BCUT2D eigenvalue weighted by molar-refractivity contribution is 0.440. The third-order valence-electron chi connectivity index (χ3n) is 4.51. The molecule has 1 aromatic rings. The number of rotatable bonds is 4. The summed E-state index contributed by atoms with van der Waals surface area (Å²) in [4.78, 5) is 6.57. The summed E-state index contributed by atoms with van der Waals surface area (Å²) in [5, 5.41) is 5.09. The van der Waals surface area contributed by atoms with Gasteiger partial charge in [-0.15, -0.1) is 11.3 Å². The number of aromatic nitrogens is 1. The Morgan fingerprint density at radius 3 is 2.40 bits per heavy atom. The van der Waals surface area contributed by atoms with Crippen LogP contribution >= 0.6 is 11.3 Å². The summed E-state index contributed by atoms with van der Waals surface area (Å²) in [6, 6.07) is 0.781. The maximum Gasteiger partial charge on any atom is 0.0962 e. The molecule has 2 aliphatic rings. The van der Waals surface area contributed by atoms with Crippen molar-refractivity contribution in [2.24, 2.45) is 0 Å². The highest BCUT2D eigenvalue weighted by atomic mass is 32.1. The van der Waals surface area contributed by atoms with Crippen LogP contribution in [0.2, 0.25) is 0 Å². The van der Waals surface area contributed by atoms with Crippen LogP contribution in [0.4, 0.5) is 0 Å². The van der Waals surface area contributed by atoms with Crippen LogP contribution in [0.5, 0.6) is 0 Å². The zero-order chi connectivity index (χ0) is 14.2. The van der Waals surface area contributed by atoms with Crippen LogP contribution < -0.4 is 5.32 Å². The first-order chi connectivity index (χ1) is 9.54. The van der Waals surface area contributed by atoms with Crippen LogP contribution in [0.3, 0.4) is 0 Å². The number of nitrogens with zero attached hydrogens (tertiary/aromatic N) is 1. The van der Waals surface area contributed by atoms with E-state index in [1.807, 2.05) is 11.3 Å². The van der Waals surface area contributed by atoms with E-state index in [1.54, 1.807) is 0 Å². The monoisotopic (exact) mass is 292 g/mol. The zero-order valence-electron chi connectivity index (χ0n) is 13.2. The van der Waals surface area contributed by atoms with Crippen molar-refractivity contribution in [2.75, 3.05) is 0 Å². The molecule has 1 aromatic heterocycles. The van der Waals surface area contributed by atoms with E-state index in [0.717, 1.165) is 18.5 Å². The predicted octanol–water partition coefficient (Wildman–Crippen LogP) is 4.74. The fraction of sp³-hybridized carbons (Fsp3) is 0.824. The number of nitrogens with one attached hydrogen (secondary N) is 1. The lowest BCUT2D eigenvalue weighted by atomic mass is 9.89. The molecule has 2 fully saturated rings. The van der Waals surface area contributed by atoms with Crippen LogP contribution in [0.25, 0.3) is 0 Å². The van der Waals surface area contributed by atoms with Crippen molar-refractivity contribution in [1.82, 2.24) is 10.3 Å². The Kier molecular flexibility index (Phi) is 4.19. The smallest absolute Gasteiger partial charge is 0.0962 e. The van der Waals surface area contributed by atoms with Crippen molar-refractivity contribution in [3.05, 3.63) is 15.6 Å². The molecule has 3 rings (SSSR count). The van der Waals surface area contributed by atoms with Crippen molar-refractivity contribution < 1.29 is 0 Å². The Morgan fingerprint density at radius 2 is 1.80 bits per heavy atom. The summed E-state index contributed by atoms with van der Waals surface area (Å²) in [7, 11) is 0. The van der Waals surface area contributed by atoms with Gasteiger partial charge in [0.15, 0.2) is 0 Å². The molecule has 3 heteroatoms. The van der Waals surface area contributed by atoms with Gasteiger partial charge in [-0.2, -0.15) is 0 Å². The summed E-state index contributed by atoms with van der Waals surface area (Å²) in [6.07, 6.45) is 9.64. The van der Waals surface area contributed by atoms with E-state index in [1.165, 1.54) is 60.5 Å². The third-order valence-corrected chi connectivity index (χ3v) is 5.73. The van der Waals surface area contributed by atoms with Gasteiger partial charge in [-0.05, 0) is 25.7 Å². The van der Waals surface area contributed by atoms with E-state index in [4.69, 9.17) is 4.98 Å². The quantitative estimate of drug-likeness (QED) is 0.867. The molecule has 0 spiro atoms. The van der Waals surface area contributed by atoms with Gasteiger partial charge in [0.25, 0.3) is 0 Å². The fourth-order valence-corrected chi connectivity index (χ4v) is 4.52. The second kappa shape index (κ2) is 5.76. The Bertz CT molecular complexity index is 448. The van der Waals surface area contributed by atoms with Gasteiger partial charge in [0.1, 0.15) is 0 Å². The second-order valence-corrected chi connectivity index (χ2v) is 8.68. The number of thiazole rings is 1. The second-order valence-electron chi connectivity index (χ2n) is 7.56. The molecule has 0 atom stereocenters. The normalized spacial score (nSPS) is 21.4. The first kappa shape index (κ1) is 14.5. The van der Waals surface area contributed by atoms with Gasteiger partial charge in [-0.3, -0.25) is 0 Å². The molecule has 2 saturated carbocycles. The fourth-order valence-electron chi connectivity index (χ4n) is 3.12. The Balaban J connectivity index is 1.79. The lowest BCUT2D eigenvalue weighted by Gasteiger charge is -2.20. The zero-order valence-corrected chi connectivity index (χ0v) is 14.0. The molecule has 1 N–H and O–H groups in total. The average molecular weight is 292 g/mol. The van der Waals surface area contributed by atoms with Crippen LogP contribution in [0.1, 0.15) is 87.2 Å². The highest BCUT2D eigenvalue weighted by molar-refractivity contribution is 7.11. The van der Waals surface area contributed by atoms with E-state index in [2.05, 4.69) is 26.1 Å². The molecule has 2 nitrogen and oxygen atoms in total. The molecule has 0 unspecified atom stereocenters. The molecule has 2 aliphatic carbocycles. The lowest BCUT2D eigenvalue weighted by Crippen LogP contribution is -2.20. The molecular formula is C17H28N2S. The van der Waals surface area contributed by atoms with E-state index < -0.39 is 0 Å². The van der Waals surface area contributed by atoms with Crippen LogP contribution in [0, 0.1) is 0 Å². The van der Waals surface area contributed by atoms with Gasteiger partial charge < -0.3 is 5.32 Å². The van der Waals surface area contributed by atoms with Crippen molar-refractivity contribution in [2.45, 2.75) is 89.6 Å². The Morgan fingerprint density at radius 1 is 1.10 bits per heavy atom. The molecule has 0 bridgehead atoms. The molecule has 112 valence electrons. The minimum Gasteiger partial charge on any atom is -0.309 e. The van der Waals surface area contributed by atoms with Crippen molar-refractivity contribution in [3.8, 4) is 0 Å². The van der Waals surface area contributed by atoms with Crippen molar-refractivity contribution in [3.63, 3.8) is 0 Å². The minimum atomic E-state index is 0.171. The summed E-state index contributed by atoms with van der Waals surface area (Å²) >= 11 is 1.99. The van der Waals surface area contributed by atoms with Gasteiger partial charge in [0, 0.05) is 28.8 Å². The minimum absolute atomic E-state index is 0.171. The Labute approximate surface area is 127 Å². The van der Waals surface area contributed by atoms with Gasteiger partial charge in [-0.1, -0.05) is 40.0 Å². The summed E-state index contributed by atoms with van der Waals surface area (Å²) in [5.41, 5.74) is 1.51. The van der Waals surface area contributed by atoms with Gasteiger partial charge in [0.2, 0.25) is 0 Å². The number of hydrogen-bond acceptors (Lipinski definition) is 3. The highest BCUT2D eigenvalue weighted by Crippen LogP contribution is 2.38. The summed E-state index contributed by atoms with van der Waals surface area (Å²) in [6.45, 7) is 7.93. The third kappa shape index (κ3) is 3.43. The Hall–Kier alpha value is -0.410. The predicted molar refractivity (Wildman–Crippen MR) is 86.5 cm³/mol.